The molecule has 0 saturated carbocycles. The van der Waals surface area contributed by atoms with E-state index in [0.717, 1.165) is 56.9 Å². The molecule has 1 aliphatic rings. The molecular weight excluding hydrogens is 397 g/mol. The lowest BCUT2D eigenvalue weighted by atomic mass is 10.0. The van der Waals surface area contributed by atoms with Gasteiger partial charge in [0.1, 0.15) is 11.8 Å². The van der Waals surface area contributed by atoms with E-state index in [1.54, 1.807) is 6.33 Å². The molecule has 0 bridgehead atoms. The van der Waals surface area contributed by atoms with Crippen LogP contribution >= 0.6 is 23.2 Å². The number of aromatic nitrogens is 4. The third-order valence-corrected chi connectivity index (χ3v) is 5.79. The Labute approximate surface area is 173 Å². The van der Waals surface area contributed by atoms with Gasteiger partial charge in [-0.1, -0.05) is 29.3 Å². The number of likely N-dealkylation sites (tertiary alicyclic amines) is 1. The first-order valence-electron chi connectivity index (χ1n) is 9.46. The van der Waals surface area contributed by atoms with E-state index in [2.05, 4.69) is 35.5 Å². The predicted octanol–water partition coefficient (Wildman–Crippen LogP) is 3.33. The van der Waals surface area contributed by atoms with Gasteiger partial charge in [-0.3, -0.25) is 4.90 Å². The van der Waals surface area contributed by atoms with E-state index < -0.39 is 0 Å². The zero-order valence-electron chi connectivity index (χ0n) is 15.5. The highest BCUT2D eigenvalue weighted by Crippen LogP contribution is 2.24. The van der Waals surface area contributed by atoms with Gasteiger partial charge in [-0.15, -0.1) is 0 Å². The largest absolute Gasteiger partial charge is 0.367 e. The van der Waals surface area contributed by atoms with Crippen LogP contribution < -0.4 is 10.6 Å². The number of imidazole rings is 1. The van der Waals surface area contributed by atoms with Crippen molar-refractivity contribution >= 4 is 40.2 Å². The molecule has 0 radical (unpaired) electrons. The first-order valence-corrected chi connectivity index (χ1v) is 10.2. The molecular formula is C19H23Cl2N7. The summed E-state index contributed by atoms with van der Waals surface area (Å²) in [6.45, 7) is 4.75. The lowest BCUT2D eigenvalue weighted by Gasteiger charge is -2.32. The van der Waals surface area contributed by atoms with Crippen molar-refractivity contribution in [1.29, 1.82) is 0 Å². The Morgan fingerprint density at radius 3 is 2.75 bits per heavy atom. The molecule has 1 fully saturated rings. The van der Waals surface area contributed by atoms with Crippen LogP contribution in [0.1, 0.15) is 18.4 Å². The van der Waals surface area contributed by atoms with Crippen LogP contribution in [0.25, 0.3) is 11.2 Å². The van der Waals surface area contributed by atoms with Gasteiger partial charge in [0, 0.05) is 25.7 Å². The molecule has 4 rings (SSSR count). The van der Waals surface area contributed by atoms with Crippen molar-refractivity contribution in [3.63, 3.8) is 0 Å². The molecule has 3 heterocycles. The van der Waals surface area contributed by atoms with Crippen molar-refractivity contribution in [2.45, 2.75) is 25.4 Å². The number of benzene rings is 1. The third-order valence-electron chi connectivity index (χ3n) is 5.05. The van der Waals surface area contributed by atoms with E-state index in [4.69, 9.17) is 23.2 Å². The summed E-state index contributed by atoms with van der Waals surface area (Å²) in [6, 6.07) is 6.43. The summed E-state index contributed by atoms with van der Waals surface area (Å²) in [4.78, 5) is 18.1. The molecule has 0 unspecified atom stereocenters. The van der Waals surface area contributed by atoms with Gasteiger partial charge in [0.05, 0.1) is 16.4 Å². The van der Waals surface area contributed by atoms with Gasteiger partial charge < -0.3 is 15.6 Å². The van der Waals surface area contributed by atoms with Gasteiger partial charge in [-0.2, -0.15) is 0 Å². The maximum absolute atomic E-state index is 6.12. The molecule has 28 heavy (non-hydrogen) atoms. The summed E-state index contributed by atoms with van der Waals surface area (Å²) in [5.41, 5.74) is 2.73. The Kier molecular flexibility index (Phi) is 6.26. The van der Waals surface area contributed by atoms with Crippen molar-refractivity contribution in [2.75, 3.05) is 31.5 Å². The Balaban J connectivity index is 1.17. The second-order valence-electron chi connectivity index (χ2n) is 7.00. The van der Waals surface area contributed by atoms with Crippen LogP contribution in [0.2, 0.25) is 10.0 Å². The van der Waals surface area contributed by atoms with Gasteiger partial charge >= 0.3 is 0 Å². The highest BCUT2D eigenvalue weighted by atomic mass is 35.5. The molecule has 3 N–H and O–H groups in total. The Hall–Kier alpha value is -1.93. The summed E-state index contributed by atoms with van der Waals surface area (Å²) in [6.07, 6.45) is 5.44. The molecule has 9 heteroatoms. The van der Waals surface area contributed by atoms with Crippen LogP contribution in [-0.4, -0.2) is 57.1 Å². The summed E-state index contributed by atoms with van der Waals surface area (Å²) < 4.78 is 0. The Morgan fingerprint density at radius 1 is 1.07 bits per heavy atom. The van der Waals surface area contributed by atoms with E-state index in [1.807, 2.05) is 18.2 Å². The fourth-order valence-corrected chi connectivity index (χ4v) is 3.87. The number of aromatic amines is 1. The third kappa shape index (κ3) is 4.72. The van der Waals surface area contributed by atoms with Crippen molar-refractivity contribution in [3.05, 3.63) is 46.5 Å². The molecule has 0 atom stereocenters. The molecule has 3 aromatic rings. The maximum atomic E-state index is 6.12. The minimum atomic E-state index is 0.546. The van der Waals surface area contributed by atoms with E-state index in [-0.39, 0.29) is 0 Å². The molecule has 1 aliphatic heterocycles. The number of hydrogen-bond donors (Lipinski definition) is 3. The molecule has 0 aliphatic carbocycles. The summed E-state index contributed by atoms with van der Waals surface area (Å²) in [5.74, 6) is 0.792. The van der Waals surface area contributed by atoms with Crippen LogP contribution in [0.3, 0.4) is 0 Å². The minimum Gasteiger partial charge on any atom is -0.367 e. The fraction of sp³-hybridized carbons (Fsp3) is 0.421. The van der Waals surface area contributed by atoms with Gasteiger partial charge in [-0.25, -0.2) is 15.0 Å². The van der Waals surface area contributed by atoms with E-state index in [9.17, 15) is 0 Å². The van der Waals surface area contributed by atoms with Gasteiger partial charge in [0.2, 0.25) is 0 Å². The smallest absolute Gasteiger partial charge is 0.182 e. The van der Waals surface area contributed by atoms with Crippen LogP contribution in [0.4, 0.5) is 5.82 Å². The number of nitrogens with one attached hydrogen (secondary N) is 3. The SMILES string of the molecule is Clc1ccc(CN2CCC(NCCNc3ncnc4nc[nH]c34)CC2)cc1Cl. The summed E-state index contributed by atoms with van der Waals surface area (Å²) in [5, 5.41) is 8.22. The highest BCUT2D eigenvalue weighted by Gasteiger charge is 2.19. The number of hydrogen-bond acceptors (Lipinski definition) is 6. The van der Waals surface area contributed by atoms with Gasteiger partial charge in [0.15, 0.2) is 11.5 Å². The lowest BCUT2D eigenvalue weighted by Crippen LogP contribution is -2.43. The average Bonchev–Trinajstić information content (AvgIpc) is 3.19. The van der Waals surface area contributed by atoms with Crippen LogP contribution in [0, 0.1) is 0 Å². The van der Waals surface area contributed by atoms with E-state index in [1.165, 1.54) is 11.9 Å². The maximum Gasteiger partial charge on any atom is 0.182 e. The van der Waals surface area contributed by atoms with E-state index >= 15 is 0 Å². The topological polar surface area (TPSA) is 81.8 Å². The van der Waals surface area contributed by atoms with Crippen molar-refractivity contribution in [2.24, 2.45) is 0 Å². The second kappa shape index (κ2) is 9.05. The number of nitrogens with zero attached hydrogens (tertiary/aromatic N) is 4. The number of piperidine rings is 1. The van der Waals surface area contributed by atoms with Gasteiger partial charge in [0.25, 0.3) is 0 Å². The number of halogens is 2. The quantitative estimate of drug-likeness (QED) is 0.509. The van der Waals surface area contributed by atoms with Crippen LogP contribution in [0.5, 0.6) is 0 Å². The second-order valence-corrected chi connectivity index (χ2v) is 7.82. The molecule has 1 saturated heterocycles. The average molecular weight is 420 g/mol. The first-order chi connectivity index (χ1) is 13.7. The molecule has 2 aromatic heterocycles. The number of anilines is 1. The molecule has 1 aromatic carbocycles. The normalized spacial score (nSPS) is 15.9. The van der Waals surface area contributed by atoms with Gasteiger partial charge in [-0.05, 0) is 43.6 Å². The lowest BCUT2D eigenvalue weighted by molar-refractivity contribution is 0.191. The Bertz CT molecular complexity index is 922. The zero-order chi connectivity index (χ0) is 19.3. The minimum absolute atomic E-state index is 0.546. The zero-order valence-corrected chi connectivity index (χ0v) is 17.0. The molecule has 7 nitrogen and oxygen atoms in total. The van der Waals surface area contributed by atoms with E-state index in [0.29, 0.717) is 21.7 Å². The van der Waals surface area contributed by atoms with Crippen molar-refractivity contribution in [1.82, 2.24) is 30.2 Å². The van der Waals surface area contributed by atoms with Crippen LogP contribution in [-0.2, 0) is 6.54 Å². The van der Waals surface area contributed by atoms with Crippen molar-refractivity contribution in [3.8, 4) is 0 Å². The fourth-order valence-electron chi connectivity index (χ4n) is 3.55. The number of fused-ring (bicyclic) bond motifs is 1. The van der Waals surface area contributed by atoms with Crippen LogP contribution in [0.15, 0.2) is 30.9 Å². The molecule has 0 amide bonds. The monoisotopic (exact) mass is 419 g/mol. The summed E-state index contributed by atoms with van der Waals surface area (Å²) in [7, 11) is 0. The highest BCUT2D eigenvalue weighted by molar-refractivity contribution is 6.42. The first kappa shape index (κ1) is 19.4. The van der Waals surface area contributed by atoms with Crippen molar-refractivity contribution < 1.29 is 0 Å². The predicted molar refractivity (Wildman–Crippen MR) is 113 cm³/mol. The summed E-state index contributed by atoms with van der Waals surface area (Å²) >= 11 is 12.1. The standard InChI is InChI=1S/C19H23Cl2N7/c20-15-2-1-13(9-16(15)21)10-28-7-3-14(4-8-28)22-5-6-23-18-17-19(25-11-24-17)27-12-26-18/h1-2,9,11-12,14,22H,3-8,10H2,(H2,23,24,25,26,27). The molecule has 0 spiro atoms. The Morgan fingerprint density at radius 2 is 1.93 bits per heavy atom. The number of rotatable bonds is 7. The number of H-pyrrole nitrogens is 1. The molecule has 148 valence electrons.